The number of Topliss-reactive ketones (excluding diaryl/α,β-unsaturated/α-hetero) is 1. The van der Waals surface area contributed by atoms with Crippen molar-refractivity contribution in [1.29, 1.82) is 0 Å². The molecule has 5 rings (SSSR count). The van der Waals surface area contributed by atoms with E-state index in [4.69, 9.17) is 4.74 Å². The molecular formula is C27H25NO4. The smallest absolute Gasteiger partial charge is 0.340 e. The molecule has 2 aliphatic carbocycles. The van der Waals surface area contributed by atoms with Gasteiger partial charge in [0.2, 0.25) is 5.78 Å². The highest BCUT2D eigenvalue weighted by molar-refractivity contribution is 6.29. The van der Waals surface area contributed by atoms with E-state index < -0.39 is 23.3 Å². The van der Waals surface area contributed by atoms with Crippen molar-refractivity contribution in [2.75, 3.05) is 0 Å². The van der Waals surface area contributed by atoms with Crippen LogP contribution < -0.4 is 5.32 Å². The molecule has 1 N–H and O–H groups in total. The second-order valence-corrected chi connectivity index (χ2v) is 8.78. The van der Waals surface area contributed by atoms with Gasteiger partial charge in [-0.1, -0.05) is 73.4 Å². The highest BCUT2D eigenvalue weighted by Crippen LogP contribution is 2.44. The molecule has 1 unspecified atom stereocenters. The van der Waals surface area contributed by atoms with E-state index in [0.29, 0.717) is 22.1 Å². The van der Waals surface area contributed by atoms with Crippen molar-refractivity contribution in [3.05, 3.63) is 82.9 Å². The number of hydrogen-bond donors (Lipinski definition) is 1. The van der Waals surface area contributed by atoms with Crippen LogP contribution in [0.15, 0.2) is 60.7 Å². The van der Waals surface area contributed by atoms with Crippen LogP contribution in [0.5, 0.6) is 0 Å². The van der Waals surface area contributed by atoms with Crippen molar-refractivity contribution in [1.82, 2.24) is 5.32 Å². The second-order valence-electron chi connectivity index (χ2n) is 8.78. The summed E-state index contributed by atoms with van der Waals surface area (Å²) in [5.41, 5.74) is 0.123. The molecule has 1 atom stereocenters. The number of amides is 1. The van der Waals surface area contributed by atoms with Gasteiger partial charge in [0.05, 0.1) is 5.56 Å². The first kappa shape index (κ1) is 20.4. The van der Waals surface area contributed by atoms with Crippen LogP contribution in [0.1, 0.15) is 63.9 Å². The maximum absolute atomic E-state index is 13.8. The van der Waals surface area contributed by atoms with Gasteiger partial charge in [-0.2, -0.15) is 0 Å². The third-order valence-corrected chi connectivity index (χ3v) is 6.64. The molecule has 3 aromatic rings. The van der Waals surface area contributed by atoms with Crippen molar-refractivity contribution in [3.63, 3.8) is 0 Å². The minimum Gasteiger partial charge on any atom is -0.432 e. The summed E-state index contributed by atoms with van der Waals surface area (Å²) in [6.07, 6.45) is 4.93. The molecule has 0 aliphatic heterocycles. The van der Waals surface area contributed by atoms with Crippen molar-refractivity contribution < 1.29 is 19.1 Å². The molecule has 162 valence electrons. The molecule has 5 nitrogen and oxygen atoms in total. The Bertz CT molecular complexity index is 1220. The number of benzene rings is 3. The van der Waals surface area contributed by atoms with E-state index >= 15 is 0 Å². The summed E-state index contributed by atoms with van der Waals surface area (Å²) in [5.74, 6) is -1.74. The first-order valence-electron chi connectivity index (χ1n) is 11.2. The third kappa shape index (κ3) is 3.20. The van der Waals surface area contributed by atoms with Crippen LogP contribution in [0.4, 0.5) is 0 Å². The van der Waals surface area contributed by atoms with Gasteiger partial charge >= 0.3 is 5.97 Å². The van der Waals surface area contributed by atoms with Crippen LogP contribution in [-0.2, 0) is 15.1 Å². The van der Waals surface area contributed by atoms with E-state index in [1.807, 2.05) is 19.1 Å². The molecule has 0 saturated heterocycles. The highest BCUT2D eigenvalue weighted by Gasteiger charge is 2.57. The maximum Gasteiger partial charge on any atom is 0.340 e. The Morgan fingerprint density at radius 2 is 1.62 bits per heavy atom. The van der Waals surface area contributed by atoms with Crippen LogP contribution in [0.2, 0.25) is 0 Å². The molecule has 3 aromatic carbocycles. The lowest BCUT2D eigenvalue weighted by Crippen LogP contribution is -2.54. The number of nitrogens with one attached hydrogen (secondary N) is 1. The van der Waals surface area contributed by atoms with Gasteiger partial charge < -0.3 is 10.1 Å². The topological polar surface area (TPSA) is 72.5 Å². The molecule has 0 heterocycles. The van der Waals surface area contributed by atoms with Crippen molar-refractivity contribution in [2.45, 2.75) is 50.7 Å². The minimum absolute atomic E-state index is 0.0260. The lowest BCUT2D eigenvalue weighted by Gasteiger charge is -2.31. The Balaban J connectivity index is 1.60. The SMILES string of the molecule is Cc1ccc(C(=O)OC2(C(=O)NC3CCCCC3)C(=O)c3cccc4cccc2c34)cc1. The predicted octanol–water partition coefficient (Wildman–Crippen LogP) is 4.85. The molecule has 2 aliphatic rings. The molecular weight excluding hydrogens is 402 g/mol. The van der Waals surface area contributed by atoms with E-state index in [0.717, 1.165) is 43.1 Å². The minimum atomic E-state index is -2.03. The van der Waals surface area contributed by atoms with E-state index in [9.17, 15) is 14.4 Å². The van der Waals surface area contributed by atoms with Gasteiger partial charge in [0, 0.05) is 22.6 Å². The monoisotopic (exact) mass is 427 g/mol. The summed E-state index contributed by atoms with van der Waals surface area (Å²) in [6.45, 7) is 1.92. The molecule has 0 aromatic heterocycles. The molecule has 32 heavy (non-hydrogen) atoms. The summed E-state index contributed by atoms with van der Waals surface area (Å²) in [4.78, 5) is 40.7. The number of rotatable bonds is 4. The molecule has 0 bridgehead atoms. The summed E-state index contributed by atoms with van der Waals surface area (Å²) in [5, 5.41) is 4.56. The number of ether oxygens (including phenoxy) is 1. The Hall–Kier alpha value is -3.47. The van der Waals surface area contributed by atoms with Gasteiger partial charge in [0.1, 0.15) is 0 Å². The van der Waals surface area contributed by atoms with Crippen LogP contribution in [0.25, 0.3) is 10.8 Å². The molecule has 0 radical (unpaired) electrons. The molecule has 1 fully saturated rings. The third-order valence-electron chi connectivity index (χ3n) is 6.64. The van der Waals surface area contributed by atoms with Gasteiger partial charge in [0.25, 0.3) is 11.5 Å². The second kappa shape index (κ2) is 7.90. The summed E-state index contributed by atoms with van der Waals surface area (Å²) >= 11 is 0. The highest BCUT2D eigenvalue weighted by atomic mass is 16.6. The van der Waals surface area contributed by atoms with E-state index in [1.165, 1.54) is 0 Å². The standard InChI is InChI=1S/C27H25NO4/c1-17-13-15-19(16-14-17)25(30)32-27(26(31)28-20-9-3-2-4-10-20)22-12-6-8-18-7-5-11-21(23(18)22)24(27)29/h5-8,11-16,20H,2-4,9-10H2,1H3,(H,28,31). The zero-order valence-electron chi connectivity index (χ0n) is 18.0. The Morgan fingerprint density at radius 1 is 0.938 bits per heavy atom. The Kier molecular flexibility index (Phi) is 5.04. The first-order valence-corrected chi connectivity index (χ1v) is 11.2. The largest absolute Gasteiger partial charge is 0.432 e. The van der Waals surface area contributed by atoms with Crippen LogP contribution in [0, 0.1) is 6.92 Å². The number of ketones is 1. The van der Waals surface area contributed by atoms with Crippen LogP contribution in [0.3, 0.4) is 0 Å². The molecule has 5 heteroatoms. The molecule has 1 amide bonds. The fraction of sp³-hybridized carbons (Fsp3) is 0.296. The Morgan fingerprint density at radius 3 is 2.34 bits per heavy atom. The van der Waals surface area contributed by atoms with Crippen molar-refractivity contribution in [3.8, 4) is 0 Å². The van der Waals surface area contributed by atoms with Crippen LogP contribution >= 0.6 is 0 Å². The maximum atomic E-state index is 13.8. The lowest BCUT2D eigenvalue weighted by molar-refractivity contribution is -0.137. The number of carbonyl (C=O) groups is 3. The van der Waals surface area contributed by atoms with Crippen LogP contribution in [-0.4, -0.2) is 23.7 Å². The normalized spacial score (nSPS) is 20.3. The van der Waals surface area contributed by atoms with E-state index in [-0.39, 0.29) is 6.04 Å². The van der Waals surface area contributed by atoms with Gasteiger partial charge in [-0.15, -0.1) is 0 Å². The summed E-state index contributed by atoms with van der Waals surface area (Å²) in [7, 11) is 0. The molecule has 0 spiro atoms. The van der Waals surface area contributed by atoms with Crippen molar-refractivity contribution in [2.24, 2.45) is 0 Å². The number of aryl methyl sites for hydroxylation is 1. The first-order chi connectivity index (χ1) is 15.5. The number of esters is 1. The number of hydrogen-bond acceptors (Lipinski definition) is 4. The van der Waals surface area contributed by atoms with Gasteiger partial charge in [-0.3, -0.25) is 9.59 Å². The van der Waals surface area contributed by atoms with Gasteiger partial charge in [-0.25, -0.2) is 4.79 Å². The fourth-order valence-electron chi connectivity index (χ4n) is 4.93. The Labute approximate surface area is 186 Å². The summed E-state index contributed by atoms with van der Waals surface area (Å²) < 4.78 is 5.91. The van der Waals surface area contributed by atoms with Gasteiger partial charge in [0.15, 0.2) is 0 Å². The zero-order chi connectivity index (χ0) is 22.3. The average Bonchev–Trinajstić information content (AvgIpc) is 3.06. The number of carbonyl (C=O) groups excluding carboxylic acids is 3. The van der Waals surface area contributed by atoms with Crippen molar-refractivity contribution >= 4 is 28.4 Å². The van der Waals surface area contributed by atoms with Gasteiger partial charge in [-0.05, 0) is 37.3 Å². The van der Waals surface area contributed by atoms with E-state index in [2.05, 4.69) is 5.32 Å². The molecule has 1 saturated carbocycles. The fourth-order valence-corrected chi connectivity index (χ4v) is 4.93. The lowest BCUT2D eigenvalue weighted by atomic mass is 9.89. The zero-order valence-corrected chi connectivity index (χ0v) is 18.0. The average molecular weight is 428 g/mol. The summed E-state index contributed by atoms with van der Waals surface area (Å²) in [6, 6.07) is 17.7. The van der Waals surface area contributed by atoms with E-state index in [1.54, 1.807) is 48.5 Å². The predicted molar refractivity (Wildman–Crippen MR) is 122 cm³/mol. The quantitative estimate of drug-likeness (QED) is 0.477.